The van der Waals surface area contributed by atoms with E-state index < -0.39 is 14.9 Å². The Morgan fingerprint density at radius 2 is 1.88 bits per heavy atom. The van der Waals surface area contributed by atoms with E-state index in [0.29, 0.717) is 11.3 Å². The van der Waals surface area contributed by atoms with Crippen LogP contribution >= 0.6 is 0 Å². The quantitative estimate of drug-likeness (QED) is 0.591. The second kappa shape index (κ2) is 7.10. The van der Waals surface area contributed by atoms with Crippen LogP contribution in [0.2, 0.25) is 0 Å². The minimum atomic E-state index is -4.02. The minimum absolute atomic E-state index is 0.00206. The van der Waals surface area contributed by atoms with Crippen LogP contribution in [0.1, 0.15) is 12.0 Å². The lowest BCUT2D eigenvalue weighted by Crippen LogP contribution is -2.32. The van der Waals surface area contributed by atoms with E-state index in [1.54, 1.807) is 37.3 Å². The number of anilines is 1. The van der Waals surface area contributed by atoms with Gasteiger partial charge in [-0.15, -0.1) is 0 Å². The predicted molar refractivity (Wildman–Crippen MR) is 89.0 cm³/mol. The first-order valence-corrected chi connectivity index (χ1v) is 8.51. The molecule has 24 heavy (non-hydrogen) atoms. The summed E-state index contributed by atoms with van der Waals surface area (Å²) in [6.07, 6.45) is 0.00206. The lowest BCUT2D eigenvalue weighted by Gasteiger charge is -2.23. The van der Waals surface area contributed by atoms with Gasteiger partial charge in [0.15, 0.2) is 0 Å². The number of hydrogen-bond donors (Lipinski definition) is 0. The zero-order valence-corrected chi connectivity index (χ0v) is 13.7. The molecule has 0 atom stereocenters. The van der Waals surface area contributed by atoms with Crippen molar-refractivity contribution in [3.8, 4) is 6.07 Å². The van der Waals surface area contributed by atoms with Gasteiger partial charge < -0.3 is 0 Å². The van der Waals surface area contributed by atoms with E-state index in [2.05, 4.69) is 0 Å². The van der Waals surface area contributed by atoms with Gasteiger partial charge in [0.2, 0.25) is 0 Å². The Morgan fingerprint density at radius 3 is 2.46 bits per heavy atom. The highest BCUT2D eigenvalue weighted by molar-refractivity contribution is 7.92. The molecule has 0 aliphatic carbocycles. The van der Waals surface area contributed by atoms with Crippen LogP contribution in [0.3, 0.4) is 0 Å². The molecular weight excluding hydrogens is 330 g/mol. The highest BCUT2D eigenvalue weighted by Crippen LogP contribution is 2.27. The van der Waals surface area contributed by atoms with Crippen LogP contribution in [-0.2, 0) is 10.0 Å². The third-order valence-corrected chi connectivity index (χ3v) is 5.26. The lowest BCUT2D eigenvalue weighted by atomic mass is 10.2. The van der Waals surface area contributed by atoms with Crippen molar-refractivity contribution in [1.82, 2.24) is 0 Å². The second-order valence-electron chi connectivity index (χ2n) is 5.03. The molecule has 0 aromatic heterocycles. The molecule has 0 aliphatic rings. The number of rotatable bonds is 6. The maximum absolute atomic E-state index is 12.9. The molecule has 0 saturated heterocycles. The number of benzene rings is 2. The van der Waals surface area contributed by atoms with Crippen LogP contribution in [0.25, 0.3) is 0 Å². The Bertz CT molecular complexity index is 889. The van der Waals surface area contributed by atoms with Crippen LogP contribution in [0, 0.1) is 28.4 Å². The summed E-state index contributed by atoms with van der Waals surface area (Å²) in [5, 5.41) is 19.9. The third-order valence-electron chi connectivity index (χ3n) is 3.44. The number of hydrogen-bond acceptors (Lipinski definition) is 5. The van der Waals surface area contributed by atoms with Gasteiger partial charge in [0.1, 0.15) is 0 Å². The van der Waals surface area contributed by atoms with E-state index in [4.69, 9.17) is 5.26 Å². The molecule has 2 aromatic rings. The van der Waals surface area contributed by atoms with Gasteiger partial charge in [0.25, 0.3) is 15.7 Å². The van der Waals surface area contributed by atoms with E-state index in [0.717, 1.165) is 10.4 Å². The molecule has 7 nitrogen and oxygen atoms in total. The predicted octanol–water partition coefficient (Wildman–Crippen LogP) is 3.01. The molecule has 2 aromatic carbocycles. The number of sulfonamides is 1. The topological polar surface area (TPSA) is 104 Å². The van der Waals surface area contributed by atoms with Gasteiger partial charge in [-0.1, -0.05) is 24.3 Å². The standard InChI is InChI=1S/C16H15N3O4S/c1-13-8-9-15(12-16(13)19(20)21)24(22,23)18(11-5-10-17)14-6-3-2-4-7-14/h2-4,6-9,12H,5,11H2,1H3. The minimum Gasteiger partial charge on any atom is -0.265 e. The van der Waals surface area contributed by atoms with Crippen LogP contribution in [0.4, 0.5) is 11.4 Å². The van der Waals surface area contributed by atoms with Crippen LogP contribution in [0.5, 0.6) is 0 Å². The number of aryl methyl sites for hydroxylation is 1. The number of nitro benzene ring substituents is 1. The van der Waals surface area contributed by atoms with E-state index in [9.17, 15) is 18.5 Å². The average Bonchev–Trinajstić information content (AvgIpc) is 2.56. The maximum Gasteiger partial charge on any atom is 0.273 e. The molecule has 2 rings (SSSR count). The highest BCUT2D eigenvalue weighted by atomic mass is 32.2. The number of nitro groups is 1. The van der Waals surface area contributed by atoms with Crippen molar-refractivity contribution in [2.45, 2.75) is 18.2 Å². The fourth-order valence-electron chi connectivity index (χ4n) is 2.21. The van der Waals surface area contributed by atoms with Crippen molar-refractivity contribution in [2.75, 3.05) is 10.8 Å². The monoisotopic (exact) mass is 345 g/mol. The Labute approximate surface area is 140 Å². The van der Waals surface area contributed by atoms with Crippen LogP contribution < -0.4 is 4.31 Å². The summed E-state index contributed by atoms with van der Waals surface area (Å²) in [4.78, 5) is 10.3. The molecule has 0 saturated carbocycles. The van der Waals surface area contributed by atoms with Gasteiger partial charge in [-0.2, -0.15) is 5.26 Å². The van der Waals surface area contributed by atoms with Crippen molar-refractivity contribution in [3.63, 3.8) is 0 Å². The van der Waals surface area contributed by atoms with Gasteiger partial charge in [-0.25, -0.2) is 8.42 Å². The Balaban J connectivity index is 2.55. The number of para-hydroxylation sites is 1. The van der Waals surface area contributed by atoms with Gasteiger partial charge in [0.05, 0.1) is 28.0 Å². The molecule has 124 valence electrons. The summed E-state index contributed by atoms with van der Waals surface area (Å²) in [5.41, 5.74) is 0.516. The van der Waals surface area contributed by atoms with E-state index >= 15 is 0 Å². The first kappa shape index (κ1) is 17.4. The Morgan fingerprint density at radius 1 is 1.21 bits per heavy atom. The third kappa shape index (κ3) is 3.52. The fourth-order valence-corrected chi connectivity index (χ4v) is 3.69. The zero-order chi connectivity index (χ0) is 17.7. The van der Waals surface area contributed by atoms with Crippen molar-refractivity contribution < 1.29 is 13.3 Å². The van der Waals surface area contributed by atoms with Gasteiger partial charge in [-0.05, 0) is 25.1 Å². The molecule has 0 spiro atoms. The maximum atomic E-state index is 12.9. The van der Waals surface area contributed by atoms with Crippen molar-refractivity contribution in [1.29, 1.82) is 5.26 Å². The molecule has 0 radical (unpaired) electrons. The summed E-state index contributed by atoms with van der Waals surface area (Å²) in [7, 11) is -4.02. The molecule has 0 N–H and O–H groups in total. The highest BCUT2D eigenvalue weighted by Gasteiger charge is 2.27. The van der Waals surface area contributed by atoms with Crippen LogP contribution in [0.15, 0.2) is 53.4 Å². The Hall–Kier alpha value is -2.92. The average molecular weight is 345 g/mol. The molecule has 0 amide bonds. The molecule has 0 bridgehead atoms. The smallest absolute Gasteiger partial charge is 0.265 e. The summed E-state index contributed by atoms with van der Waals surface area (Å²) in [6.45, 7) is 1.50. The molecule has 0 unspecified atom stereocenters. The summed E-state index contributed by atoms with van der Waals surface area (Å²) < 4.78 is 26.9. The fraction of sp³-hybridized carbons (Fsp3) is 0.188. The van der Waals surface area contributed by atoms with Gasteiger partial charge >= 0.3 is 0 Å². The summed E-state index contributed by atoms with van der Waals surface area (Å²) in [5.74, 6) is 0. The van der Waals surface area contributed by atoms with Gasteiger partial charge in [-0.3, -0.25) is 14.4 Å². The molecular formula is C16H15N3O4S. The molecule has 0 fully saturated rings. The van der Waals surface area contributed by atoms with Crippen molar-refractivity contribution in [2.24, 2.45) is 0 Å². The summed E-state index contributed by atoms with van der Waals surface area (Å²) >= 11 is 0. The lowest BCUT2D eigenvalue weighted by molar-refractivity contribution is -0.385. The SMILES string of the molecule is Cc1ccc(S(=O)(=O)N(CCC#N)c2ccccc2)cc1[N+](=O)[O-]. The second-order valence-corrected chi connectivity index (χ2v) is 6.89. The first-order chi connectivity index (χ1) is 11.4. The number of nitriles is 1. The first-order valence-electron chi connectivity index (χ1n) is 7.07. The largest absolute Gasteiger partial charge is 0.273 e. The van der Waals surface area contributed by atoms with Crippen molar-refractivity contribution in [3.05, 3.63) is 64.2 Å². The van der Waals surface area contributed by atoms with Crippen LogP contribution in [-0.4, -0.2) is 19.9 Å². The molecule has 0 aliphatic heterocycles. The number of nitrogens with zero attached hydrogens (tertiary/aromatic N) is 3. The van der Waals surface area contributed by atoms with E-state index in [1.165, 1.54) is 12.1 Å². The Kier molecular flexibility index (Phi) is 5.16. The van der Waals surface area contributed by atoms with E-state index in [1.807, 2.05) is 6.07 Å². The molecule has 8 heteroatoms. The normalized spacial score (nSPS) is 10.8. The molecule has 0 heterocycles. The van der Waals surface area contributed by atoms with Gasteiger partial charge in [0, 0.05) is 18.2 Å². The van der Waals surface area contributed by atoms with E-state index in [-0.39, 0.29) is 23.5 Å². The zero-order valence-electron chi connectivity index (χ0n) is 12.9. The summed E-state index contributed by atoms with van der Waals surface area (Å²) in [6, 6.07) is 14.0. The van der Waals surface area contributed by atoms with Crippen molar-refractivity contribution >= 4 is 21.4 Å².